The lowest BCUT2D eigenvalue weighted by molar-refractivity contribution is -0.0994. The van der Waals surface area contributed by atoms with Gasteiger partial charge in [-0.05, 0) is 117 Å². The number of aliphatic hydroxyl groups excluding tert-OH is 2. The van der Waals surface area contributed by atoms with Gasteiger partial charge in [0.25, 0.3) is 0 Å². The maximum atomic E-state index is 11.6. The average molecular weight is 473 g/mol. The lowest BCUT2D eigenvalue weighted by Crippen LogP contribution is -2.55. The Morgan fingerprint density at radius 1 is 0.824 bits per heavy atom. The van der Waals surface area contributed by atoms with Gasteiger partial charge in [-0.25, -0.2) is 0 Å². The molecule has 3 fully saturated rings. The highest BCUT2D eigenvalue weighted by molar-refractivity contribution is 5.39. The number of ether oxygens (including phenoxy) is 1. The van der Waals surface area contributed by atoms with Gasteiger partial charge < -0.3 is 14.9 Å². The number of rotatable bonds is 3. The molecular formula is C31H52O3. The summed E-state index contributed by atoms with van der Waals surface area (Å²) in [5.74, 6) is 1.83. The number of hydrogen-bond acceptors (Lipinski definition) is 3. The van der Waals surface area contributed by atoms with E-state index in [9.17, 15) is 10.2 Å². The van der Waals surface area contributed by atoms with Crippen LogP contribution in [0.2, 0.25) is 0 Å². The van der Waals surface area contributed by atoms with E-state index in [0.29, 0.717) is 17.8 Å². The molecule has 194 valence electrons. The quantitative estimate of drug-likeness (QED) is 0.439. The minimum Gasteiger partial charge on any atom is -0.393 e. The van der Waals surface area contributed by atoms with Crippen LogP contribution in [0.25, 0.3) is 0 Å². The summed E-state index contributed by atoms with van der Waals surface area (Å²) in [4.78, 5) is 0. The molecule has 9 atom stereocenters. The molecule has 0 spiro atoms. The summed E-state index contributed by atoms with van der Waals surface area (Å²) in [7, 11) is 1.80. The Labute approximate surface area is 209 Å². The highest BCUT2D eigenvalue weighted by Gasteiger charge is 2.65. The zero-order chi connectivity index (χ0) is 24.9. The first-order valence-electron chi connectivity index (χ1n) is 14.4. The predicted molar refractivity (Wildman–Crippen MR) is 138 cm³/mol. The number of methoxy groups -OCH3 is 1. The Hall–Kier alpha value is -0.380. The van der Waals surface area contributed by atoms with E-state index in [1.165, 1.54) is 38.5 Å². The van der Waals surface area contributed by atoms with Crippen LogP contribution in [0, 0.1) is 45.3 Å². The lowest BCUT2D eigenvalue weighted by atomic mass is 9.43. The number of fused-ring (bicyclic) bond motifs is 4. The molecule has 0 aromatic carbocycles. The van der Waals surface area contributed by atoms with Gasteiger partial charge in [-0.3, -0.25) is 0 Å². The number of allylic oxidation sites excluding steroid dienone is 2. The molecule has 0 radical (unpaired) electrons. The molecule has 0 amide bonds. The second-order valence-electron chi connectivity index (χ2n) is 14.9. The van der Waals surface area contributed by atoms with Gasteiger partial charge in [-0.1, -0.05) is 45.8 Å². The van der Waals surface area contributed by atoms with Gasteiger partial charge in [0, 0.05) is 13.0 Å². The van der Waals surface area contributed by atoms with E-state index in [2.05, 4.69) is 48.5 Å². The van der Waals surface area contributed by atoms with Crippen LogP contribution in [-0.2, 0) is 4.74 Å². The predicted octanol–water partition coefficient (Wildman–Crippen LogP) is 6.91. The van der Waals surface area contributed by atoms with Crippen LogP contribution < -0.4 is 0 Å². The van der Waals surface area contributed by atoms with Crippen molar-refractivity contribution in [1.29, 1.82) is 0 Å². The topological polar surface area (TPSA) is 49.7 Å². The normalized spacial score (nSPS) is 50.6. The van der Waals surface area contributed by atoms with Crippen LogP contribution in [0.1, 0.15) is 113 Å². The zero-order valence-corrected chi connectivity index (χ0v) is 23.3. The molecule has 3 saturated carbocycles. The van der Waals surface area contributed by atoms with Crippen molar-refractivity contribution < 1.29 is 14.9 Å². The summed E-state index contributed by atoms with van der Waals surface area (Å²) in [5.41, 5.74) is 4.11. The molecule has 2 N–H and O–H groups in total. The van der Waals surface area contributed by atoms with Gasteiger partial charge in [0.2, 0.25) is 0 Å². The second-order valence-corrected chi connectivity index (χ2v) is 14.9. The fraction of sp³-hybridized carbons (Fsp3) is 0.935. The first-order valence-corrected chi connectivity index (χ1v) is 14.4. The van der Waals surface area contributed by atoms with Crippen molar-refractivity contribution in [2.24, 2.45) is 45.3 Å². The Balaban J connectivity index is 1.47. The smallest absolute Gasteiger partial charge is 0.0675 e. The molecule has 0 saturated heterocycles. The molecule has 0 heterocycles. The number of hydrogen-bond donors (Lipinski definition) is 2. The Kier molecular flexibility index (Phi) is 5.81. The first kappa shape index (κ1) is 25.3. The molecule has 0 aromatic rings. The Morgan fingerprint density at radius 3 is 2.21 bits per heavy atom. The van der Waals surface area contributed by atoms with Gasteiger partial charge >= 0.3 is 0 Å². The van der Waals surface area contributed by atoms with Gasteiger partial charge in [0.1, 0.15) is 0 Å². The van der Waals surface area contributed by atoms with E-state index in [1.807, 2.05) is 0 Å². The van der Waals surface area contributed by atoms with Crippen molar-refractivity contribution in [3.63, 3.8) is 0 Å². The van der Waals surface area contributed by atoms with Crippen molar-refractivity contribution in [2.45, 2.75) is 130 Å². The van der Waals surface area contributed by atoms with Crippen LogP contribution in [0.5, 0.6) is 0 Å². The van der Waals surface area contributed by atoms with Crippen molar-refractivity contribution in [2.75, 3.05) is 7.11 Å². The van der Waals surface area contributed by atoms with Crippen LogP contribution >= 0.6 is 0 Å². The van der Waals surface area contributed by atoms with Crippen molar-refractivity contribution in [1.82, 2.24) is 0 Å². The lowest BCUT2D eigenvalue weighted by Gasteiger charge is -2.62. The highest BCUT2D eigenvalue weighted by atomic mass is 16.5. The summed E-state index contributed by atoms with van der Waals surface area (Å²) in [6.45, 7) is 16.7. The summed E-state index contributed by atoms with van der Waals surface area (Å²) in [6.07, 6.45) is 11.4. The summed E-state index contributed by atoms with van der Waals surface area (Å²) in [6, 6.07) is 0. The Bertz CT molecular complexity index is 857. The standard InChI is InChI=1S/C31H52O3/c1-27(2)24-12-11-22-21(29(24,5)16-15-25(27)32)14-18-30(6)20(13-17-31(22,30)7)19-9-10-23(26(19)33)28(3,4)34-8/h19-20,23-26,32-33H,9-18H2,1-8H3/t19-,20+,23+,24?,25-,26+,29+,30+,31-/m0/s1. The third kappa shape index (κ3) is 3.11. The molecule has 0 aromatic heterocycles. The van der Waals surface area contributed by atoms with E-state index in [0.717, 1.165) is 25.7 Å². The van der Waals surface area contributed by atoms with Crippen LogP contribution in [0.3, 0.4) is 0 Å². The molecule has 1 unspecified atom stereocenters. The van der Waals surface area contributed by atoms with Crippen molar-refractivity contribution >= 4 is 0 Å². The molecule has 5 aliphatic carbocycles. The molecule has 3 nitrogen and oxygen atoms in total. The van der Waals surface area contributed by atoms with E-state index in [-0.39, 0.29) is 45.4 Å². The average Bonchev–Trinajstić information content (AvgIpc) is 3.28. The van der Waals surface area contributed by atoms with Crippen LogP contribution in [0.15, 0.2) is 11.1 Å². The third-order valence-corrected chi connectivity index (χ3v) is 13.4. The van der Waals surface area contributed by atoms with E-state index in [1.54, 1.807) is 18.3 Å². The fourth-order valence-electron chi connectivity index (χ4n) is 10.8. The first-order chi connectivity index (χ1) is 15.7. The fourth-order valence-corrected chi connectivity index (χ4v) is 10.8. The van der Waals surface area contributed by atoms with Gasteiger partial charge in [0.05, 0.1) is 17.8 Å². The molecule has 34 heavy (non-hydrogen) atoms. The maximum Gasteiger partial charge on any atom is 0.0675 e. The summed E-state index contributed by atoms with van der Waals surface area (Å²) < 4.78 is 5.83. The van der Waals surface area contributed by atoms with Crippen molar-refractivity contribution in [3.05, 3.63) is 11.1 Å². The summed E-state index contributed by atoms with van der Waals surface area (Å²) in [5, 5.41) is 22.4. The highest BCUT2D eigenvalue weighted by Crippen LogP contribution is 2.73. The monoisotopic (exact) mass is 472 g/mol. The van der Waals surface area contributed by atoms with E-state index < -0.39 is 0 Å². The third-order valence-electron chi connectivity index (χ3n) is 13.4. The SMILES string of the molecule is COC(C)(C)[C@@H]1CC[C@@H]([C@H]2CC[C@@]3(C)C4=C(CC[C@]23C)[C@@]2(C)CC[C@H](O)C(C)(C)C2CC4)[C@H]1O. The number of aliphatic hydroxyl groups is 2. The summed E-state index contributed by atoms with van der Waals surface area (Å²) >= 11 is 0. The minimum atomic E-state index is -0.259. The van der Waals surface area contributed by atoms with E-state index >= 15 is 0 Å². The van der Waals surface area contributed by atoms with E-state index in [4.69, 9.17) is 4.74 Å². The molecule has 0 aliphatic heterocycles. The van der Waals surface area contributed by atoms with Gasteiger partial charge in [-0.15, -0.1) is 0 Å². The van der Waals surface area contributed by atoms with Crippen LogP contribution in [0.4, 0.5) is 0 Å². The zero-order valence-electron chi connectivity index (χ0n) is 23.3. The Morgan fingerprint density at radius 2 is 1.53 bits per heavy atom. The second kappa shape index (κ2) is 7.81. The molecular weight excluding hydrogens is 420 g/mol. The van der Waals surface area contributed by atoms with Crippen molar-refractivity contribution in [3.8, 4) is 0 Å². The van der Waals surface area contributed by atoms with Gasteiger partial charge in [0.15, 0.2) is 0 Å². The molecule has 5 aliphatic rings. The van der Waals surface area contributed by atoms with Gasteiger partial charge in [-0.2, -0.15) is 0 Å². The van der Waals surface area contributed by atoms with Crippen LogP contribution in [-0.4, -0.2) is 35.1 Å². The molecule has 3 heteroatoms. The minimum absolute atomic E-state index is 0.00250. The molecule has 5 rings (SSSR count). The largest absolute Gasteiger partial charge is 0.393 e. The maximum absolute atomic E-state index is 11.6. The molecule has 0 bridgehead atoms.